The summed E-state index contributed by atoms with van der Waals surface area (Å²) in [4.78, 5) is 14.1. The maximum atomic E-state index is 11.8. The number of halogens is 1. The molecule has 0 saturated carbocycles. The van der Waals surface area contributed by atoms with E-state index >= 15 is 0 Å². The van der Waals surface area contributed by atoms with Crippen molar-refractivity contribution in [1.82, 2.24) is 5.32 Å². The second-order valence-corrected chi connectivity index (χ2v) is 6.50. The summed E-state index contributed by atoms with van der Waals surface area (Å²) in [6.45, 7) is 5.38. The van der Waals surface area contributed by atoms with Gasteiger partial charge in [0, 0.05) is 23.4 Å². The van der Waals surface area contributed by atoms with Crippen molar-refractivity contribution < 1.29 is 9.53 Å². The molecule has 0 aliphatic heterocycles. The first-order valence-corrected chi connectivity index (χ1v) is 7.26. The van der Waals surface area contributed by atoms with Crippen molar-refractivity contribution in [2.45, 2.75) is 25.1 Å². The summed E-state index contributed by atoms with van der Waals surface area (Å²) in [5.74, 6) is 0.0170. The van der Waals surface area contributed by atoms with Crippen LogP contribution in [0.4, 0.5) is 0 Å². The summed E-state index contributed by atoms with van der Waals surface area (Å²) in [7, 11) is 1.67. The third kappa shape index (κ3) is 4.77. The van der Waals surface area contributed by atoms with Gasteiger partial charge in [0.05, 0.1) is 11.5 Å². The van der Waals surface area contributed by atoms with Gasteiger partial charge in [0.2, 0.25) is 0 Å². The van der Waals surface area contributed by atoms with Gasteiger partial charge in [-0.15, -0.1) is 11.3 Å². The second kappa shape index (κ2) is 7.13. The normalized spacial score (nSPS) is 12.5. The molecule has 96 valence electrons. The van der Waals surface area contributed by atoms with Crippen molar-refractivity contribution in [3.05, 3.63) is 21.4 Å². The standard InChI is InChI=1S/C12H18BrNO2S/c1-8-6-11(17-9(8)2)12(15)14-5-4-10(13)7-16-3/h6,10H,4-5,7H2,1-3H3,(H,14,15). The number of rotatable bonds is 6. The van der Waals surface area contributed by atoms with Crippen LogP contribution < -0.4 is 5.32 Å². The van der Waals surface area contributed by atoms with Crippen molar-refractivity contribution in [2.75, 3.05) is 20.3 Å². The van der Waals surface area contributed by atoms with Crippen LogP contribution in [-0.4, -0.2) is 31.0 Å². The number of alkyl halides is 1. The first-order chi connectivity index (χ1) is 8.04. The fourth-order valence-corrected chi connectivity index (χ4v) is 2.82. The molecular weight excluding hydrogens is 302 g/mol. The van der Waals surface area contributed by atoms with Gasteiger partial charge < -0.3 is 10.1 Å². The minimum absolute atomic E-state index is 0.0170. The van der Waals surface area contributed by atoms with Crippen LogP contribution in [0.5, 0.6) is 0 Å². The van der Waals surface area contributed by atoms with Gasteiger partial charge in [-0.3, -0.25) is 4.79 Å². The van der Waals surface area contributed by atoms with Gasteiger partial charge in [0.1, 0.15) is 0 Å². The number of ether oxygens (including phenoxy) is 1. The molecule has 1 atom stereocenters. The Kier molecular flexibility index (Phi) is 6.16. The molecule has 1 unspecified atom stereocenters. The molecule has 3 nitrogen and oxygen atoms in total. The van der Waals surface area contributed by atoms with Crippen LogP contribution in [-0.2, 0) is 4.74 Å². The maximum absolute atomic E-state index is 11.8. The molecule has 0 radical (unpaired) electrons. The van der Waals surface area contributed by atoms with E-state index in [0.29, 0.717) is 18.0 Å². The smallest absolute Gasteiger partial charge is 0.261 e. The van der Waals surface area contributed by atoms with E-state index in [0.717, 1.165) is 11.3 Å². The van der Waals surface area contributed by atoms with Crippen LogP contribution in [0.15, 0.2) is 6.07 Å². The van der Waals surface area contributed by atoms with Crippen molar-refractivity contribution in [2.24, 2.45) is 0 Å². The van der Waals surface area contributed by atoms with E-state index < -0.39 is 0 Å². The Hall–Kier alpha value is -0.390. The molecule has 0 fully saturated rings. The number of thiophene rings is 1. The monoisotopic (exact) mass is 319 g/mol. The molecular formula is C12H18BrNO2S. The molecule has 1 aromatic rings. The van der Waals surface area contributed by atoms with Crippen molar-refractivity contribution >= 4 is 33.2 Å². The number of hydrogen-bond acceptors (Lipinski definition) is 3. The maximum Gasteiger partial charge on any atom is 0.261 e. The summed E-state index contributed by atoms with van der Waals surface area (Å²) in [5, 5.41) is 2.91. The number of methoxy groups -OCH3 is 1. The molecule has 0 aliphatic rings. The first kappa shape index (κ1) is 14.7. The Bertz CT molecular complexity index is 359. The quantitative estimate of drug-likeness (QED) is 0.819. The predicted octanol–water partition coefficient (Wildman–Crippen LogP) is 2.89. The Balaban J connectivity index is 2.35. The number of hydrogen-bond donors (Lipinski definition) is 1. The zero-order valence-corrected chi connectivity index (χ0v) is 12.8. The fraction of sp³-hybridized carbons (Fsp3) is 0.583. The lowest BCUT2D eigenvalue weighted by atomic mass is 10.2. The largest absolute Gasteiger partial charge is 0.384 e. The van der Waals surface area contributed by atoms with Crippen molar-refractivity contribution in [3.8, 4) is 0 Å². The molecule has 5 heteroatoms. The average Bonchev–Trinajstić information content (AvgIpc) is 2.59. The summed E-state index contributed by atoms with van der Waals surface area (Å²) < 4.78 is 5.01. The predicted molar refractivity (Wildman–Crippen MR) is 75.3 cm³/mol. The van der Waals surface area contributed by atoms with E-state index in [9.17, 15) is 4.79 Å². The third-order valence-corrected chi connectivity index (χ3v) is 4.35. The van der Waals surface area contributed by atoms with Crippen LogP contribution >= 0.6 is 27.3 Å². The second-order valence-electron chi connectivity index (χ2n) is 3.95. The average molecular weight is 320 g/mol. The van der Waals surface area contributed by atoms with Crippen molar-refractivity contribution in [1.29, 1.82) is 0 Å². The molecule has 1 amide bonds. The molecule has 0 aromatic carbocycles. The lowest BCUT2D eigenvalue weighted by Crippen LogP contribution is -2.26. The molecule has 17 heavy (non-hydrogen) atoms. The summed E-state index contributed by atoms with van der Waals surface area (Å²) in [6.07, 6.45) is 0.864. The molecule has 1 aromatic heterocycles. The molecule has 0 bridgehead atoms. The number of carbonyl (C=O) groups is 1. The Morgan fingerprint density at radius 3 is 2.82 bits per heavy atom. The topological polar surface area (TPSA) is 38.3 Å². The highest BCUT2D eigenvalue weighted by molar-refractivity contribution is 9.09. The zero-order chi connectivity index (χ0) is 12.8. The molecule has 1 heterocycles. The first-order valence-electron chi connectivity index (χ1n) is 5.52. The van der Waals surface area contributed by atoms with E-state index in [1.54, 1.807) is 18.4 Å². The third-order valence-electron chi connectivity index (χ3n) is 2.48. The minimum atomic E-state index is 0.0170. The van der Waals surface area contributed by atoms with Gasteiger partial charge in [0.15, 0.2) is 0 Å². The lowest BCUT2D eigenvalue weighted by molar-refractivity contribution is 0.0956. The summed E-state index contributed by atoms with van der Waals surface area (Å²) in [6, 6.07) is 1.94. The zero-order valence-electron chi connectivity index (χ0n) is 10.4. The minimum Gasteiger partial charge on any atom is -0.384 e. The van der Waals surface area contributed by atoms with Crippen molar-refractivity contribution in [3.63, 3.8) is 0 Å². The van der Waals surface area contributed by atoms with Gasteiger partial charge in [-0.1, -0.05) is 15.9 Å². The lowest BCUT2D eigenvalue weighted by Gasteiger charge is -2.08. The molecule has 0 spiro atoms. The van der Waals surface area contributed by atoms with E-state index in [1.165, 1.54) is 10.4 Å². The van der Waals surface area contributed by atoms with E-state index in [-0.39, 0.29) is 5.91 Å². The molecule has 1 N–H and O–H groups in total. The fourth-order valence-electron chi connectivity index (χ4n) is 1.38. The molecule has 1 rings (SSSR count). The van der Waals surface area contributed by atoms with E-state index in [4.69, 9.17) is 4.74 Å². The SMILES string of the molecule is COCC(Br)CCNC(=O)c1cc(C)c(C)s1. The highest BCUT2D eigenvalue weighted by Gasteiger charge is 2.10. The van der Waals surface area contributed by atoms with Gasteiger partial charge in [-0.2, -0.15) is 0 Å². The number of nitrogens with one attached hydrogen (secondary N) is 1. The highest BCUT2D eigenvalue weighted by atomic mass is 79.9. The van der Waals surface area contributed by atoms with Gasteiger partial charge in [-0.05, 0) is 31.9 Å². The number of amides is 1. The van der Waals surface area contributed by atoms with E-state index in [1.807, 2.05) is 19.9 Å². The van der Waals surface area contributed by atoms with Crippen LogP contribution in [0.1, 0.15) is 26.5 Å². The van der Waals surface area contributed by atoms with Gasteiger partial charge >= 0.3 is 0 Å². The Morgan fingerprint density at radius 2 is 2.29 bits per heavy atom. The summed E-state index contributed by atoms with van der Waals surface area (Å²) >= 11 is 5.03. The van der Waals surface area contributed by atoms with E-state index in [2.05, 4.69) is 21.2 Å². The Labute approximate surface area is 115 Å². The van der Waals surface area contributed by atoms with Gasteiger partial charge in [-0.25, -0.2) is 0 Å². The van der Waals surface area contributed by atoms with Gasteiger partial charge in [0.25, 0.3) is 5.91 Å². The molecule has 0 aliphatic carbocycles. The summed E-state index contributed by atoms with van der Waals surface area (Å²) in [5.41, 5.74) is 1.18. The Morgan fingerprint density at radius 1 is 1.59 bits per heavy atom. The molecule has 0 saturated heterocycles. The number of carbonyl (C=O) groups excluding carboxylic acids is 1. The highest BCUT2D eigenvalue weighted by Crippen LogP contribution is 2.20. The van der Waals surface area contributed by atoms with Crippen LogP contribution in [0.2, 0.25) is 0 Å². The van der Waals surface area contributed by atoms with Crippen LogP contribution in [0.3, 0.4) is 0 Å². The van der Waals surface area contributed by atoms with Crippen LogP contribution in [0.25, 0.3) is 0 Å². The number of aryl methyl sites for hydroxylation is 2. The van der Waals surface area contributed by atoms with Crippen LogP contribution in [0, 0.1) is 13.8 Å².